The third-order valence-corrected chi connectivity index (χ3v) is 2.08. The fourth-order valence-corrected chi connectivity index (χ4v) is 1.31. The lowest BCUT2D eigenvalue weighted by Gasteiger charge is -2.15. The molecular formula is C8H10BrNO3. The average Bonchev–Trinajstić information content (AvgIpc) is 2.15. The number of hydrogen-bond acceptors (Lipinski definition) is 4. The van der Waals surface area contributed by atoms with Crippen molar-refractivity contribution in [2.45, 2.75) is 12.2 Å². The van der Waals surface area contributed by atoms with E-state index in [4.69, 9.17) is 10.2 Å². The Morgan fingerprint density at radius 3 is 2.69 bits per heavy atom. The monoisotopic (exact) mass is 247 g/mol. The van der Waals surface area contributed by atoms with E-state index in [9.17, 15) is 5.11 Å². The van der Waals surface area contributed by atoms with E-state index in [2.05, 4.69) is 20.9 Å². The topological polar surface area (TPSA) is 73.6 Å². The van der Waals surface area contributed by atoms with Gasteiger partial charge < -0.3 is 15.3 Å². The Kier molecular flexibility index (Phi) is 3.80. The number of nitrogens with zero attached hydrogens (tertiary/aromatic N) is 1. The summed E-state index contributed by atoms with van der Waals surface area (Å²) in [5.41, 5.74) is 0.517. The van der Waals surface area contributed by atoms with E-state index in [1.54, 1.807) is 12.1 Å². The Balaban J connectivity index is 2.82. The second-order valence-corrected chi connectivity index (χ2v) is 3.42. The lowest BCUT2D eigenvalue weighted by atomic mass is 10.1. The highest BCUT2D eigenvalue weighted by Gasteiger charge is 2.17. The molecule has 0 aromatic carbocycles. The third kappa shape index (κ3) is 2.73. The van der Waals surface area contributed by atoms with Crippen LogP contribution in [0.15, 0.2) is 22.9 Å². The van der Waals surface area contributed by atoms with Crippen LogP contribution in [0.1, 0.15) is 11.7 Å². The molecule has 0 spiro atoms. The SMILES string of the molecule is OCC(O)C(O)c1ccnc(Br)c1. The molecule has 4 nitrogen and oxygen atoms in total. The van der Waals surface area contributed by atoms with Crippen LogP contribution in [-0.2, 0) is 0 Å². The summed E-state index contributed by atoms with van der Waals surface area (Å²) < 4.78 is 0.578. The molecule has 0 aliphatic rings. The highest BCUT2D eigenvalue weighted by Crippen LogP contribution is 2.18. The zero-order chi connectivity index (χ0) is 9.84. The van der Waals surface area contributed by atoms with E-state index in [1.807, 2.05) is 0 Å². The lowest BCUT2D eigenvalue weighted by Crippen LogP contribution is -2.22. The maximum atomic E-state index is 9.45. The Labute approximate surface area is 84.0 Å². The van der Waals surface area contributed by atoms with E-state index < -0.39 is 18.8 Å². The van der Waals surface area contributed by atoms with Gasteiger partial charge in [-0.3, -0.25) is 0 Å². The summed E-state index contributed by atoms with van der Waals surface area (Å²) in [5.74, 6) is 0. The number of hydrogen-bond donors (Lipinski definition) is 3. The Bertz CT molecular complexity index is 282. The molecule has 5 heteroatoms. The van der Waals surface area contributed by atoms with Crippen molar-refractivity contribution in [3.63, 3.8) is 0 Å². The molecule has 0 bridgehead atoms. The van der Waals surface area contributed by atoms with Gasteiger partial charge in [-0.2, -0.15) is 0 Å². The van der Waals surface area contributed by atoms with Gasteiger partial charge in [0.25, 0.3) is 0 Å². The van der Waals surface area contributed by atoms with Crippen molar-refractivity contribution in [2.24, 2.45) is 0 Å². The Morgan fingerprint density at radius 1 is 1.46 bits per heavy atom. The summed E-state index contributed by atoms with van der Waals surface area (Å²) in [6.45, 7) is -0.471. The van der Waals surface area contributed by atoms with E-state index >= 15 is 0 Å². The highest BCUT2D eigenvalue weighted by molar-refractivity contribution is 9.10. The predicted molar refractivity (Wildman–Crippen MR) is 50.0 cm³/mol. The molecule has 0 saturated heterocycles. The molecule has 1 aromatic rings. The first kappa shape index (κ1) is 10.6. The highest BCUT2D eigenvalue weighted by atomic mass is 79.9. The van der Waals surface area contributed by atoms with Crippen LogP contribution in [0.3, 0.4) is 0 Å². The molecule has 2 unspecified atom stereocenters. The van der Waals surface area contributed by atoms with Crippen molar-refractivity contribution in [1.29, 1.82) is 0 Å². The predicted octanol–water partition coefficient (Wildman–Crippen LogP) is 0.231. The maximum absolute atomic E-state index is 9.45. The largest absolute Gasteiger partial charge is 0.394 e. The molecular weight excluding hydrogens is 238 g/mol. The van der Waals surface area contributed by atoms with Gasteiger partial charge in [-0.1, -0.05) is 0 Å². The Morgan fingerprint density at radius 2 is 2.15 bits per heavy atom. The molecule has 0 radical (unpaired) electrons. The summed E-state index contributed by atoms with van der Waals surface area (Å²) >= 11 is 3.14. The minimum Gasteiger partial charge on any atom is -0.394 e. The maximum Gasteiger partial charge on any atom is 0.107 e. The van der Waals surface area contributed by atoms with Crippen LogP contribution < -0.4 is 0 Å². The van der Waals surface area contributed by atoms with Gasteiger partial charge >= 0.3 is 0 Å². The second-order valence-electron chi connectivity index (χ2n) is 2.61. The number of aliphatic hydroxyl groups excluding tert-OH is 3. The molecule has 1 heterocycles. The summed E-state index contributed by atoms with van der Waals surface area (Å²) in [6, 6.07) is 3.16. The number of aliphatic hydroxyl groups is 3. The van der Waals surface area contributed by atoms with Crippen molar-refractivity contribution in [3.05, 3.63) is 28.5 Å². The minimum absolute atomic E-state index is 0.471. The lowest BCUT2D eigenvalue weighted by molar-refractivity contribution is -0.0153. The van der Waals surface area contributed by atoms with Gasteiger partial charge in [0.2, 0.25) is 0 Å². The zero-order valence-corrected chi connectivity index (χ0v) is 8.35. The molecule has 13 heavy (non-hydrogen) atoms. The van der Waals surface area contributed by atoms with Gasteiger partial charge in [-0.25, -0.2) is 4.98 Å². The van der Waals surface area contributed by atoms with Crippen LogP contribution in [0.2, 0.25) is 0 Å². The van der Waals surface area contributed by atoms with E-state index in [0.717, 1.165) is 0 Å². The Hall–Kier alpha value is -0.490. The van der Waals surface area contributed by atoms with Crippen LogP contribution in [0.25, 0.3) is 0 Å². The second kappa shape index (κ2) is 4.66. The van der Waals surface area contributed by atoms with Crippen LogP contribution in [0.4, 0.5) is 0 Å². The summed E-state index contributed by atoms with van der Waals surface area (Å²) in [5, 5.41) is 27.2. The van der Waals surface area contributed by atoms with Gasteiger partial charge in [0.15, 0.2) is 0 Å². The standard InChI is InChI=1S/C8H10BrNO3/c9-7-3-5(1-2-10-7)8(13)6(12)4-11/h1-3,6,8,11-13H,4H2. The van der Waals surface area contributed by atoms with Crippen LogP contribution in [-0.4, -0.2) is 33.0 Å². The molecule has 3 N–H and O–H groups in total. The number of rotatable bonds is 3. The number of aromatic nitrogens is 1. The summed E-state index contributed by atoms with van der Waals surface area (Å²) in [6.07, 6.45) is -0.731. The van der Waals surface area contributed by atoms with Gasteiger partial charge in [0, 0.05) is 6.20 Å². The molecule has 0 aliphatic heterocycles. The first-order chi connectivity index (χ1) is 6.15. The van der Waals surface area contributed by atoms with Crippen LogP contribution in [0, 0.1) is 0 Å². The van der Waals surface area contributed by atoms with Crippen LogP contribution >= 0.6 is 15.9 Å². The van der Waals surface area contributed by atoms with E-state index in [0.29, 0.717) is 10.2 Å². The minimum atomic E-state index is -1.16. The normalized spacial score (nSPS) is 15.4. The first-order valence-electron chi connectivity index (χ1n) is 3.73. The van der Waals surface area contributed by atoms with Gasteiger partial charge in [-0.15, -0.1) is 0 Å². The smallest absolute Gasteiger partial charge is 0.107 e. The molecule has 1 rings (SSSR count). The van der Waals surface area contributed by atoms with E-state index in [1.165, 1.54) is 6.20 Å². The fraction of sp³-hybridized carbons (Fsp3) is 0.375. The zero-order valence-electron chi connectivity index (χ0n) is 6.76. The van der Waals surface area contributed by atoms with Crippen molar-refractivity contribution in [3.8, 4) is 0 Å². The molecule has 1 aromatic heterocycles. The van der Waals surface area contributed by atoms with E-state index in [-0.39, 0.29) is 0 Å². The molecule has 0 aliphatic carbocycles. The van der Waals surface area contributed by atoms with Gasteiger partial charge in [0.1, 0.15) is 16.8 Å². The number of halogens is 1. The van der Waals surface area contributed by atoms with Crippen molar-refractivity contribution in [2.75, 3.05) is 6.61 Å². The molecule has 0 amide bonds. The van der Waals surface area contributed by atoms with Crippen molar-refractivity contribution < 1.29 is 15.3 Å². The molecule has 0 saturated carbocycles. The molecule has 72 valence electrons. The quantitative estimate of drug-likeness (QED) is 0.669. The van der Waals surface area contributed by atoms with Crippen LogP contribution in [0.5, 0.6) is 0 Å². The van der Waals surface area contributed by atoms with Crippen molar-refractivity contribution in [1.82, 2.24) is 4.98 Å². The third-order valence-electron chi connectivity index (χ3n) is 1.64. The van der Waals surface area contributed by atoms with Gasteiger partial charge in [0.05, 0.1) is 6.61 Å². The first-order valence-corrected chi connectivity index (χ1v) is 4.53. The molecule has 2 atom stereocenters. The van der Waals surface area contributed by atoms with Crippen molar-refractivity contribution >= 4 is 15.9 Å². The average molecular weight is 248 g/mol. The summed E-state index contributed by atoms with van der Waals surface area (Å²) in [7, 11) is 0. The summed E-state index contributed by atoms with van der Waals surface area (Å²) in [4.78, 5) is 3.87. The molecule has 0 fully saturated rings. The van der Waals surface area contributed by atoms with Gasteiger partial charge in [-0.05, 0) is 33.6 Å². The number of pyridine rings is 1. The fourth-order valence-electron chi connectivity index (χ4n) is 0.923.